The van der Waals surface area contributed by atoms with Crippen molar-refractivity contribution in [2.24, 2.45) is 7.05 Å². The van der Waals surface area contributed by atoms with E-state index < -0.39 is 0 Å². The highest BCUT2D eigenvalue weighted by atomic mass is 79.9. The molecule has 1 N–H and O–H groups in total. The second-order valence-electron chi connectivity index (χ2n) is 5.18. The average molecular weight is 387 g/mol. The molecular formula is C14H19BrN4S2. The van der Waals surface area contributed by atoms with Gasteiger partial charge in [-0.05, 0) is 52.7 Å². The standard InChI is InChI=1S/C14H19BrN4S2/c1-3-5-16-12(13-14(15)17-18-19(13)2)11-7-9-8-20-6-4-10(9)21-11/h7,12,16H,3-6,8H2,1-2H3. The Hall–Kier alpha value is -0.370. The zero-order valence-electron chi connectivity index (χ0n) is 12.2. The van der Waals surface area contributed by atoms with Crippen molar-refractivity contribution < 1.29 is 0 Å². The van der Waals surface area contributed by atoms with Crippen LogP contribution in [-0.4, -0.2) is 27.3 Å². The first-order valence-corrected chi connectivity index (χ1v) is 9.94. The maximum absolute atomic E-state index is 4.14. The van der Waals surface area contributed by atoms with E-state index in [1.807, 2.05) is 34.8 Å². The van der Waals surface area contributed by atoms with Crippen LogP contribution in [0.2, 0.25) is 0 Å². The van der Waals surface area contributed by atoms with E-state index in [4.69, 9.17) is 0 Å². The molecule has 1 aliphatic heterocycles. The van der Waals surface area contributed by atoms with E-state index in [1.165, 1.54) is 22.6 Å². The van der Waals surface area contributed by atoms with Gasteiger partial charge in [0.2, 0.25) is 0 Å². The quantitative estimate of drug-likeness (QED) is 0.853. The Labute approximate surface area is 141 Å². The smallest absolute Gasteiger partial charge is 0.153 e. The number of thioether (sulfide) groups is 1. The third kappa shape index (κ3) is 3.21. The number of nitrogens with zero attached hydrogens (tertiary/aromatic N) is 3. The van der Waals surface area contributed by atoms with Crippen molar-refractivity contribution in [1.29, 1.82) is 0 Å². The van der Waals surface area contributed by atoms with E-state index in [2.05, 4.69) is 44.5 Å². The van der Waals surface area contributed by atoms with Gasteiger partial charge in [-0.25, -0.2) is 4.68 Å². The van der Waals surface area contributed by atoms with Gasteiger partial charge in [-0.2, -0.15) is 11.8 Å². The van der Waals surface area contributed by atoms with Crippen LogP contribution in [0.1, 0.15) is 40.4 Å². The van der Waals surface area contributed by atoms with Crippen LogP contribution in [0.15, 0.2) is 10.7 Å². The summed E-state index contributed by atoms with van der Waals surface area (Å²) in [4.78, 5) is 2.93. The first-order valence-electron chi connectivity index (χ1n) is 7.18. The number of fused-ring (bicyclic) bond motifs is 1. The second-order valence-corrected chi connectivity index (χ2v) is 8.20. The van der Waals surface area contributed by atoms with Crippen molar-refractivity contribution >= 4 is 39.0 Å². The van der Waals surface area contributed by atoms with E-state index in [0.29, 0.717) is 0 Å². The van der Waals surface area contributed by atoms with Crippen LogP contribution < -0.4 is 5.32 Å². The third-order valence-corrected chi connectivity index (χ3v) is 6.50. The van der Waals surface area contributed by atoms with Gasteiger partial charge in [0.1, 0.15) is 0 Å². The van der Waals surface area contributed by atoms with Gasteiger partial charge in [0.15, 0.2) is 4.60 Å². The zero-order valence-corrected chi connectivity index (χ0v) is 15.4. The first-order chi connectivity index (χ1) is 10.2. The number of nitrogens with one attached hydrogen (secondary N) is 1. The highest BCUT2D eigenvalue weighted by Gasteiger charge is 2.25. The summed E-state index contributed by atoms with van der Waals surface area (Å²) in [7, 11) is 1.96. The Morgan fingerprint density at radius 1 is 1.52 bits per heavy atom. The summed E-state index contributed by atoms with van der Waals surface area (Å²) in [6.45, 7) is 3.18. The van der Waals surface area contributed by atoms with E-state index in [9.17, 15) is 0 Å². The largest absolute Gasteiger partial charge is 0.304 e. The summed E-state index contributed by atoms with van der Waals surface area (Å²) in [6.07, 6.45) is 2.32. The van der Waals surface area contributed by atoms with Gasteiger partial charge in [-0.15, -0.1) is 16.4 Å². The predicted molar refractivity (Wildman–Crippen MR) is 93.0 cm³/mol. The lowest BCUT2D eigenvalue weighted by atomic mass is 10.1. The Morgan fingerprint density at radius 2 is 2.38 bits per heavy atom. The summed E-state index contributed by atoms with van der Waals surface area (Å²) in [5, 5.41) is 11.9. The third-order valence-electron chi connectivity index (χ3n) is 3.63. The lowest BCUT2D eigenvalue weighted by Gasteiger charge is -2.17. The molecular weight excluding hydrogens is 368 g/mol. The number of hydrogen-bond donors (Lipinski definition) is 1. The highest BCUT2D eigenvalue weighted by Crippen LogP contribution is 2.37. The van der Waals surface area contributed by atoms with Gasteiger partial charge in [-0.3, -0.25) is 0 Å². The van der Waals surface area contributed by atoms with Crippen LogP contribution in [-0.2, 0) is 19.2 Å². The first kappa shape index (κ1) is 15.5. The number of hydrogen-bond acceptors (Lipinski definition) is 5. The minimum atomic E-state index is 0.167. The van der Waals surface area contributed by atoms with Crippen LogP contribution in [0, 0.1) is 0 Å². The maximum atomic E-state index is 4.14. The molecule has 1 atom stereocenters. The summed E-state index contributed by atoms with van der Waals surface area (Å²) in [5.74, 6) is 2.40. The molecule has 3 heterocycles. The van der Waals surface area contributed by atoms with E-state index in [0.717, 1.165) is 29.0 Å². The highest BCUT2D eigenvalue weighted by molar-refractivity contribution is 9.10. The number of rotatable bonds is 5. The molecule has 21 heavy (non-hydrogen) atoms. The molecule has 0 bridgehead atoms. The van der Waals surface area contributed by atoms with Gasteiger partial charge < -0.3 is 5.32 Å². The molecule has 0 saturated heterocycles. The van der Waals surface area contributed by atoms with Crippen LogP contribution in [0.25, 0.3) is 0 Å². The molecule has 3 rings (SSSR count). The summed E-state index contributed by atoms with van der Waals surface area (Å²) in [5.41, 5.74) is 2.62. The zero-order chi connectivity index (χ0) is 14.8. The molecule has 4 nitrogen and oxygen atoms in total. The Balaban J connectivity index is 1.97. The fraction of sp³-hybridized carbons (Fsp3) is 0.571. The van der Waals surface area contributed by atoms with E-state index >= 15 is 0 Å². The van der Waals surface area contributed by atoms with Crippen LogP contribution >= 0.6 is 39.0 Å². The van der Waals surface area contributed by atoms with Crippen molar-refractivity contribution in [1.82, 2.24) is 20.3 Å². The normalized spacial score (nSPS) is 16.0. The molecule has 0 spiro atoms. The van der Waals surface area contributed by atoms with Gasteiger partial charge >= 0.3 is 0 Å². The molecule has 1 unspecified atom stereocenters. The Morgan fingerprint density at radius 3 is 3.05 bits per heavy atom. The Kier molecular flexibility index (Phi) is 5.03. The fourth-order valence-corrected chi connectivity index (χ4v) is 5.59. The van der Waals surface area contributed by atoms with Gasteiger partial charge in [0.05, 0.1) is 11.7 Å². The molecule has 2 aromatic rings. The van der Waals surface area contributed by atoms with Crippen molar-refractivity contribution in [2.45, 2.75) is 31.6 Å². The molecule has 0 aromatic carbocycles. The molecule has 1 aliphatic rings. The van der Waals surface area contributed by atoms with Gasteiger partial charge in [-0.1, -0.05) is 12.1 Å². The number of halogens is 1. The molecule has 0 radical (unpaired) electrons. The van der Waals surface area contributed by atoms with Crippen LogP contribution in [0.4, 0.5) is 0 Å². The average Bonchev–Trinajstić information content (AvgIpc) is 3.05. The van der Waals surface area contributed by atoms with Crippen LogP contribution in [0.3, 0.4) is 0 Å². The monoisotopic (exact) mass is 386 g/mol. The van der Waals surface area contributed by atoms with Crippen molar-refractivity contribution in [2.75, 3.05) is 12.3 Å². The molecule has 0 amide bonds. The maximum Gasteiger partial charge on any atom is 0.153 e. The summed E-state index contributed by atoms with van der Waals surface area (Å²) >= 11 is 7.52. The van der Waals surface area contributed by atoms with Crippen molar-refractivity contribution in [3.8, 4) is 0 Å². The van der Waals surface area contributed by atoms with Gasteiger partial charge in [0, 0.05) is 22.6 Å². The van der Waals surface area contributed by atoms with Crippen molar-refractivity contribution in [3.63, 3.8) is 0 Å². The minimum absolute atomic E-state index is 0.167. The molecule has 114 valence electrons. The number of aromatic nitrogens is 3. The van der Waals surface area contributed by atoms with E-state index in [-0.39, 0.29) is 6.04 Å². The lowest BCUT2D eigenvalue weighted by molar-refractivity contribution is 0.555. The fourth-order valence-electron chi connectivity index (χ4n) is 2.58. The molecule has 0 saturated carbocycles. The molecule has 0 fully saturated rings. The summed E-state index contributed by atoms with van der Waals surface area (Å²) in [6, 6.07) is 2.54. The van der Waals surface area contributed by atoms with Gasteiger partial charge in [0.25, 0.3) is 0 Å². The SMILES string of the molecule is CCCNC(c1cc2c(s1)CCSC2)c1c(Br)nnn1C. The number of thiophene rings is 1. The second kappa shape index (κ2) is 6.81. The Bertz CT molecular complexity index is 580. The topological polar surface area (TPSA) is 42.7 Å². The number of aryl methyl sites for hydroxylation is 2. The predicted octanol–water partition coefficient (Wildman–Crippen LogP) is 3.52. The van der Waals surface area contributed by atoms with Crippen molar-refractivity contribution in [3.05, 3.63) is 31.7 Å². The lowest BCUT2D eigenvalue weighted by Crippen LogP contribution is -2.24. The van der Waals surface area contributed by atoms with E-state index in [1.54, 1.807) is 4.88 Å². The molecule has 0 aliphatic carbocycles. The minimum Gasteiger partial charge on any atom is -0.304 e. The van der Waals surface area contributed by atoms with Crippen LogP contribution in [0.5, 0.6) is 0 Å². The summed E-state index contributed by atoms with van der Waals surface area (Å²) < 4.78 is 2.70. The molecule has 2 aromatic heterocycles. The molecule has 7 heteroatoms.